The van der Waals surface area contributed by atoms with Gasteiger partial charge in [-0.25, -0.2) is 0 Å². The summed E-state index contributed by atoms with van der Waals surface area (Å²) in [6.07, 6.45) is 0. The van der Waals surface area contributed by atoms with Crippen molar-refractivity contribution in [1.82, 2.24) is 9.78 Å². The molecular weight excluding hydrogens is 332 g/mol. The van der Waals surface area contributed by atoms with Gasteiger partial charge in [0.05, 0.1) is 16.6 Å². The average Bonchev–Trinajstić information content (AvgIpc) is 2.83. The molecule has 108 valence electrons. The van der Waals surface area contributed by atoms with Crippen LogP contribution in [0, 0.1) is 0 Å². The number of rotatable bonds is 4. The van der Waals surface area contributed by atoms with Gasteiger partial charge in [0.2, 0.25) is 0 Å². The van der Waals surface area contributed by atoms with E-state index in [0.717, 1.165) is 26.6 Å². The maximum atomic E-state index is 9.40. The van der Waals surface area contributed by atoms with Gasteiger partial charge in [-0.15, -0.1) is 0 Å². The molecule has 0 atom stereocenters. The van der Waals surface area contributed by atoms with Crippen molar-refractivity contribution in [2.75, 3.05) is 0 Å². The van der Waals surface area contributed by atoms with Crippen molar-refractivity contribution >= 4 is 26.8 Å². The molecule has 0 amide bonds. The second-order valence-corrected chi connectivity index (χ2v) is 5.62. The van der Waals surface area contributed by atoms with Gasteiger partial charge in [0.1, 0.15) is 18.1 Å². The van der Waals surface area contributed by atoms with Crippen LogP contribution in [0.25, 0.3) is 10.9 Å². The Bertz CT molecular complexity index is 783. The van der Waals surface area contributed by atoms with Crippen LogP contribution in [-0.2, 0) is 20.3 Å². The molecule has 1 aromatic heterocycles. The van der Waals surface area contributed by atoms with Crippen molar-refractivity contribution in [3.63, 3.8) is 0 Å². The van der Waals surface area contributed by atoms with Crippen molar-refractivity contribution in [3.8, 4) is 5.75 Å². The molecule has 0 aliphatic heterocycles. The van der Waals surface area contributed by atoms with Gasteiger partial charge in [0, 0.05) is 18.0 Å². The summed E-state index contributed by atoms with van der Waals surface area (Å²) in [4.78, 5) is 0. The summed E-state index contributed by atoms with van der Waals surface area (Å²) < 4.78 is 8.56. The van der Waals surface area contributed by atoms with Crippen LogP contribution in [0.5, 0.6) is 5.75 Å². The standard InChI is InChI=1S/C16H15BrN2O2/c1-19-15-8-3-2-6-12(15)14(18-19)10-21-16-11(9-20)5-4-7-13(16)17/h2-8,20H,9-10H2,1H3. The lowest BCUT2D eigenvalue weighted by Gasteiger charge is -2.11. The summed E-state index contributed by atoms with van der Waals surface area (Å²) in [6.45, 7) is 0.300. The molecule has 0 bridgehead atoms. The first-order chi connectivity index (χ1) is 10.2. The summed E-state index contributed by atoms with van der Waals surface area (Å²) in [5.41, 5.74) is 2.71. The van der Waals surface area contributed by atoms with E-state index in [-0.39, 0.29) is 6.61 Å². The SMILES string of the molecule is Cn1nc(COc2c(Br)cccc2CO)c2ccccc21. The third-order valence-electron chi connectivity index (χ3n) is 3.41. The monoisotopic (exact) mass is 346 g/mol. The van der Waals surface area contributed by atoms with Crippen LogP contribution in [0.2, 0.25) is 0 Å². The van der Waals surface area contributed by atoms with Crippen molar-refractivity contribution in [1.29, 1.82) is 0 Å². The molecule has 0 radical (unpaired) electrons. The highest BCUT2D eigenvalue weighted by molar-refractivity contribution is 9.10. The number of aliphatic hydroxyl groups excluding tert-OH is 1. The van der Waals surface area contributed by atoms with E-state index in [0.29, 0.717) is 12.4 Å². The number of para-hydroxylation sites is 2. The molecule has 0 aliphatic carbocycles. The molecule has 3 aromatic rings. The summed E-state index contributed by atoms with van der Waals surface area (Å²) in [7, 11) is 1.92. The minimum Gasteiger partial charge on any atom is -0.486 e. The number of hydrogen-bond acceptors (Lipinski definition) is 3. The van der Waals surface area contributed by atoms with Gasteiger partial charge >= 0.3 is 0 Å². The van der Waals surface area contributed by atoms with Gasteiger partial charge in [0.25, 0.3) is 0 Å². The normalized spacial score (nSPS) is 11.0. The van der Waals surface area contributed by atoms with Crippen LogP contribution in [0.3, 0.4) is 0 Å². The summed E-state index contributed by atoms with van der Waals surface area (Å²) >= 11 is 3.45. The van der Waals surface area contributed by atoms with Gasteiger partial charge in [-0.3, -0.25) is 4.68 Å². The van der Waals surface area contributed by atoms with Crippen molar-refractivity contribution in [3.05, 3.63) is 58.2 Å². The largest absolute Gasteiger partial charge is 0.486 e. The maximum Gasteiger partial charge on any atom is 0.139 e. The Morgan fingerprint density at radius 2 is 2.00 bits per heavy atom. The highest BCUT2D eigenvalue weighted by atomic mass is 79.9. The fraction of sp³-hybridized carbons (Fsp3) is 0.188. The highest BCUT2D eigenvalue weighted by Gasteiger charge is 2.11. The van der Waals surface area contributed by atoms with Crippen LogP contribution in [0.15, 0.2) is 46.9 Å². The molecule has 5 heteroatoms. The Morgan fingerprint density at radius 3 is 2.81 bits per heavy atom. The first-order valence-electron chi connectivity index (χ1n) is 6.62. The Balaban J connectivity index is 1.91. The lowest BCUT2D eigenvalue weighted by atomic mass is 10.2. The van der Waals surface area contributed by atoms with Crippen LogP contribution < -0.4 is 4.74 Å². The zero-order chi connectivity index (χ0) is 14.8. The lowest BCUT2D eigenvalue weighted by Crippen LogP contribution is -2.01. The fourth-order valence-corrected chi connectivity index (χ4v) is 2.90. The van der Waals surface area contributed by atoms with Crippen molar-refractivity contribution in [2.45, 2.75) is 13.2 Å². The Morgan fingerprint density at radius 1 is 1.19 bits per heavy atom. The molecule has 4 nitrogen and oxygen atoms in total. The zero-order valence-electron chi connectivity index (χ0n) is 11.6. The quantitative estimate of drug-likeness (QED) is 0.787. The topological polar surface area (TPSA) is 47.3 Å². The first-order valence-corrected chi connectivity index (χ1v) is 7.41. The summed E-state index contributed by atoms with van der Waals surface area (Å²) in [5, 5.41) is 15.0. The summed E-state index contributed by atoms with van der Waals surface area (Å²) in [5.74, 6) is 0.662. The minimum atomic E-state index is -0.0578. The van der Waals surface area contributed by atoms with Crippen molar-refractivity contribution in [2.24, 2.45) is 7.05 Å². The van der Waals surface area contributed by atoms with E-state index in [4.69, 9.17) is 4.74 Å². The Labute approximate surface area is 131 Å². The number of aromatic nitrogens is 2. The number of benzene rings is 2. The Kier molecular flexibility index (Phi) is 3.94. The van der Waals surface area contributed by atoms with E-state index in [1.807, 2.05) is 54.2 Å². The molecule has 0 fully saturated rings. The molecule has 0 saturated heterocycles. The number of hydrogen-bond donors (Lipinski definition) is 1. The average molecular weight is 347 g/mol. The lowest BCUT2D eigenvalue weighted by molar-refractivity contribution is 0.256. The van der Waals surface area contributed by atoms with E-state index < -0.39 is 0 Å². The third-order valence-corrected chi connectivity index (χ3v) is 4.03. The molecule has 0 saturated carbocycles. The fourth-order valence-electron chi connectivity index (χ4n) is 2.38. The number of aryl methyl sites for hydroxylation is 1. The van der Waals surface area contributed by atoms with E-state index in [9.17, 15) is 5.11 Å². The number of halogens is 1. The van der Waals surface area contributed by atoms with E-state index in [1.54, 1.807) is 0 Å². The van der Waals surface area contributed by atoms with Gasteiger partial charge in [0.15, 0.2) is 0 Å². The number of ether oxygens (including phenoxy) is 1. The molecule has 2 aromatic carbocycles. The summed E-state index contributed by atoms with van der Waals surface area (Å²) in [6, 6.07) is 13.7. The van der Waals surface area contributed by atoms with Crippen LogP contribution >= 0.6 is 15.9 Å². The van der Waals surface area contributed by atoms with Crippen LogP contribution in [0.4, 0.5) is 0 Å². The molecule has 3 rings (SSSR count). The number of aliphatic hydroxyl groups is 1. The Hall–Kier alpha value is -1.85. The van der Waals surface area contributed by atoms with Crippen LogP contribution in [-0.4, -0.2) is 14.9 Å². The maximum absolute atomic E-state index is 9.40. The second kappa shape index (κ2) is 5.87. The molecule has 21 heavy (non-hydrogen) atoms. The van der Waals surface area contributed by atoms with Gasteiger partial charge in [-0.2, -0.15) is 5.10 Å². The van der Waals surface area contributed by atoms with Gasteiger partial charge in [-0.1, -0.05) is 30.3 Å². The molecule has 1 N–H and O–H groups in total. The predicted octanol–water partition coefficient (Wildman–Crippen LogP) is 3.41. The highest BCUT2D eigenvalue weighted by Crippen LogP contribution is 2.30. The number of nitrogens with zero attached hydrogens (tertiary/aromatic N) is 2. The molecule has 0 spiro atoms. The minimum absolute atomic E-state index is 0.0578. The second-order valence-electron chi connectivity index (χ2n) is 4.76. The van der Waals surface area contributed by atoms with Gasteiger partial charge < -0.3 is 9.84 Å². The molecule has 0 aliphatic rings. The predicted molar refractivity (Wildman–Crippen MR) is 85.1 cm³/mol. The van der Waals surface area contributed by atoms with E-state index in [2.05, 4.69) is 21.0 Å². The molecule has 0 unspecified atom stereocenters. The van der Waals surface area contributed by atoms with E-state index in [1.165, 1.54) is 0 Å². The third kappa shape index (κ3) is 2.66. The smallest absolute Gasteiger partial charge is 0.139 e. The number of fused-ring (bicyclic) bond motifs is 1. The van der Waals surface area contributed by atoms with E-state index >= 15 is 0 Å². The van der Waals surface area contributed by atoms with Crippen LogP contribution in [0.1, 0.15) is 11.3 Å². The molecular formula is C16H15BrN2O2. The van der Waals surface area contributed by atoms with Gasteiger partial charge in [-0.05, 0) is 28.1 Å². The first kappa shape index (κ1) is 14.1. The molecule has 1 heterocycles. The van der Waals surface area contributed by atoms with Crippen molar-refractivity contribution < 1.29 is 9.84 Å². The zero-order valence-corrected chi connectivity index (χ0v) is 13.2.